The zero-order valence-corrected chi connectivity index (χ0v) is 17.7. The number of hydrogen-bond donors (Lipinski definition) is 0. The molecule has 6 atom stereocenters. The van der Waals surface area contributed by atoms with Crippen molar-refractivity contribution in [1.82, 2.24) is 0 Å². The van der Waals surface area contributed by atoms with E-state index in [2.05, 4.69) is 50.3 Å². The first-order valence-corrected chi connectivity index (χ1v) is 11.4. The summed E-state index contributed by atoms with van der Waals surface area (Å²) >= 11 is 0. The first-order valence-electron chi connectivity index (χ1n) is 11.4. The highest BCUT2D eigenvalue weighted by atomic mass is 16.1. The minimum absolute atomic E-state index is 0.0227. The molecule has 2 heteroatoms. The van der Waals surface area contributed by atoms with E-state index < -0.39 is 0 Å². The van der Waals surface area contributed by atoms with Gasteiger partial charge in [0.1, 0.15) is 5.78 Å². The average molecular weight is 389 g/mol. The Morgan fingerprint density at radius 3 is 2.62 bits per heavy atom. The van der Waals surface area contributed by atoms with E-state index in [1.165, 1.54) is 11.1 Å². The van der Waals surface area contributed by atoms with Gasteiger partial charge in [0.05, 0.1) is 0 Å². The van der Waals surface area contributed by atoms with Gasteiger partial charge in [-0.25, -0.2) is 0 Å². The summed E-state index contributed by atoms with van der Waals surface area (Å²) in [5, 5.41) is 0. The molecule has 0 aromatic heterocycles. The third kappa shape index (κ3) is 2.90. The molecular formula is C27H32O2. The number of hydrogen-bond acceptors (Lipinski definition) is 2. The second-order valence-electron chi connectivity index (χ2n) is 10.4. The molecule has 0 heterocycles. The van der Waals surface area contributed by atoms with Crippen LogP contribution in [0.25, 0.3) is 0 Å². The number of ketones is 2. The molecule has 0 radical (unpaired) electrons. The Morgan fingerprint density at radius 1 is 1.03 bits per heavy atom. The third-order valence-electron chi connectivity index (χ3n) is 9.05. The van der Waals surface area contributed by atoms with Crippen LogP contribution in [0.4, 0.5) is 0 Å². The fraction of sp³-hybridized carbons (Fsp3) is 0.556. The van der Waals surface area contributed by atoms with Gasteiger partial charge in [-0.05, 0) is 79.9 Å². The lowest BCUT2D eigenvalue weighted by Crippen LogP contribution is -2.51. The minimum Gasteiger partial charge on any atom is -0.299 e. The number of aryl methyl sites for hydroxylation is 1. The lowest BCUT2D eigenvalue weighted by molar-refractivity contribution is -0.132. The van der Waals surface area contributed by atoms with E-state index in [0.29, 0.717) is 29.5 Å². The van der Waals surface area contributed by atoms with Crippen molar-refractivity contribution in [2.45, 2.75) is 58.8 Å². The van der Waals surface area contributed by atoms with Gasteiger partial charge in [0.2, 0.25) is 0 Å². The van der Waals surface area contributed by atoms with Crippen molar-refractivity contribution in [1.29, 1.82) is 0 Å². The highest BCUT2D eigenvalue weighted by Crippen LogP contribution is 2.65. The van der Waals surface area contributed by atoms with E-state index >= 15 is 0 Å². The SMILES string of the molecule is C[C@]12C=CC(=O)C=C1[C@H](CCc1ccccc1)C[C@@H]1[C@@H]2CC[C@]2(C)C(=O)CC[C@@H]12. The van der Waals surface area contributed by atoms with Crippen LogP contribution in [0.5, 0.6) is 0 Å². The zero-order valence-electron chi connectivity index (χ0n) is 17.7. The summed E-state index contributed by atoms with van der Waals surface area (Å²) in [6, 6.07) is 10.7. The largest absolute Gasteiger partial charge is 0.299 e. The highest BCUT2D eigenvalue weighted by Gasteiger charge is 2.59. The number of rotatable bonds is 3. The molecule has 0 spiro atoms. The second-order valence-corrected chi connectivity index (χ2v) is 10.4. The summed E-state index contributed by atoms with van der Waals surface area (Å²) in [7, 11) is 0. The van der Waals surface area contributed by atoms with E-state index in [1.807, 2.05) is 6.08 Å². The summed E-state index contributed by atoms with van der Waals surface area (Å²) < 4.78 is 0. The predicted octanol–water partition coefficient (Wildman–Crippen LogP) is 5.72. The molecule has 0 aliphatic heterocycles. The molecule has 1 aromatic carbocycles. The standard InChI is InChI=1S/C27H32O2/c1-26-14-12-20(28)17-24(26)19(9-8-18-6-4-3-5-7-18)16-21-22-10-11-25(29)27(22,2)15-13-23(21)26/h3-7,12,14,17,19,21-23H,8-11,13,15-16H2,1-2H3/t19-,21+,22+,23+,26-,27+/m1/s1. The molecule has 3 saturated carbocycles. The van der Waals surface area contributed by atoms with Gasteiger partial charge in [-0.3, -0.25) is 9.59 Å². The molecule has 0 N–H and O–H groups in total. The quantitative estimate of drug-likeness (QED) is 0.663. The van der Waals surface area contributed by atoms with Gasteiger partial charge in [-0.1, -0.05) is 55.8 Å². The van der Waals surface area contributed by atoms with Crippen LogP contribution in [0.15, 0.2) is 54.1 Å². The molecule has 0 saturated heterocycles. The Bertz CT molecular complexity index is 894. The molecule has 5 rings (SSSR count). The molecule has 0 unspecified atom stereocenters. The van der Waals surface area contributed by atoms with Crippen LogP contribution in [0.1, 0.15) is 57.9 Å². The number of fused-ring (bicyclic) bond motifs is 5. The smallest absolute Gasteiger partial charge is 0.178 e. The molecule has 152 valence electrons. The van der Waals surface area contributed by atoms with Crippen LogP contribution < -0.4 is 0 Å². The van der Waals surface area contributed by atoms with Crippen LogP contribution in [0, 0.1) is 34.5 Å². The van der Waals surface area contributed by atoms with Crippen LogP contribution >= 0.6 is 0 Å². The van der Waals surface area contributed by atoms with Gasteiger partial charge in [-0.15, -0.1) is 0 Å². The van der Waals surface area contributed by atoms with E-state index in [-0.39, 0.29) is 16.6 Å². The second kappa shape index (κ2) is 6.79. The van der Waals surface area contributed by atoms with Gasteiger partial charge in [0.25, 0.3) is 0 Å². The average Bonchev–Trinajstić information content (AvgIpc) is 3.03. The Hall–Kier alpha value is -1.96. The molecule has 29 heavy (non-hydrogen) atoms. The fourth-order valence-electron chi connectivity index (χ4n) is 7.45. The van der Waals surface area contributed by atoms with E-state index in [0.717, 1.165) is 44.9 Å². The Kier molecular flexibility index (Phi) is 4.46. The van der Waals surface area contributed by atoms with Crippen molar-refractivity contribution in [2.75, 3.05) is 0 Å². The molecular weight excluding hydrogens is 356 g/mol. The lowest BCUT2D eigenvalue weighted by atomic mass is 9.46. The van der Waals surface area contributed by atoms with Gasteiger partial charge in [-0.2, -0.15) is 0 Å². The van der Waals surface area contributed by atoms with Crippen molar-refractivity contribution in [3.63, 3.8) is 0 Å². The summed E-state index contributed by atoms with van der Waals surface area (Å²) in [5.74, 6) is 2.78. The van der Waals surface area contributed by atoms with Crippen LogP contribution in [-0.4, -0.2) is 11.6 Å². The summed E-state index contributed by atoms with van der Waals surface area (Å²) in [6.07, 6.45) is 13.2. The molecule has 1 aromatic rings. The highest BCUT2D eigenvalue weighted by molar-refractivity contribution is 6.01. The summed E-state index contributed by atoms with van der Waals surface area (Å²) in [4.78, 5) is 25.0. The Balaban J connectivity index is 1.48. The molecule has 0 amide bonds. The Morgan fingerprint density at radius 2 is 1.83 bits per heavy atom. The first kappa shape index (κ1) is 19.0. The maximum Gasteiger partial charge on any atom is 0.178 e. The van der Waals surface area contributed by atoms with Gasteiger partial charge in [0.15, 0.2) is 5.78 Å². The van der Waals surface area contributed by atoms with Crippen LogP contribution in [0.2, 0.25) is 0 Å². The first-order chi connectivity index (χ1) is 13.9. The van der Waals surface area contributed by atoms with Crippen molar-refractivity contribution < 1.29 is 9.59 Å². The molecule has 3 fully saturated rings. The van der Waals surface area contributed by atoms with Crippen LogP contribution in [-0.2, 0) is 16.0 Å². The minimum atomic E-state index is -0.100. The molecule has 0 bridgehead atoms. The predicted molar refractivity (Wildman–Crippen MR) is 115 cm³/mol. The van der Waals surface area contributed by atoms with Crippen molar-refractivity contribution in [3.05, 3.63) is 59.7 Å². The number of benzene rings is 1. The maximum absolute atomic E-state index is 12.7. The van der Waals surface area contributed by atoms with Crippen molar-refractivity contribution >= 4 is 11.6 Å². The normalized spacial score (nSPS) is 40.8. The maximum atomic E-state index is 12.7. The number of Topliss-reactive ketones (excluding diaryl/α,β-unsaturated/α-hetero) is 1. The molecule has 4 aliphatic rings. The van der Waals surface area contributed by atoms with Crippen molar-refractivity contribution in [2.24, 2.45) is 34.5 Å². The number of allylic oxidation sites excluding steroid dienone is 4. The van der Waals surface area contributed by atoms with Gasteiger partial charge in [0, 0.05) is 17.3 Å². The monoisotopic (exact) mass is 388 g/mol. The van der Waals surface area contributed by atoms with Crippen molar-refractivity contribution in [3.8, 4) is 0 Å². The van der Waals surface area contributed by atoms with Gasteiger partial charge >= 0.3 is 0 Å². The van der Waals surface area contributed by atoms with E-state index in [1.54, 1.807) is 6.08 Å². The van der Waals surface area contributed by atoms with Gasteiger partial charge < -0.3 is 0 Å². The lowest BCUT2D eigenvalue weighted by Gasteiger charge is -2.57. The molecule has 2 nitrogen and oxygen atoms in total. The van der Waals surface area contributed by atoms with E-state index in [9.17, 15) is 9.59 Å². The summed E-state index contributed by atoms with van der Waals surface area (Å²) in [5.41, 5.74) is 2.62. The number of carbonyl (C=O) groups excluding carboxylic acids is 2. The van der Waals surface area contributed by atoms with Crippen LogP contribution in [0.3, 0.4) is 0 Å². The molecule has 4 aliphatic carbocycles. The zero-order chi connectivity index (χ0) is 20.2. The topological polar surface area (TPSA) is 34.1 Å². The number of carbonyl (C=O) groups is 2. The Labute approximate surface area is 174 Å². The van der Waals surface area contributed by atoms with E-state index in [4.69, 9.17) is 0 Å². The fourth-order valence-corrected chi connectivity index (χ4v) is 7.45. The summed E-state index contributed by atoms with van der Waals surface area (Å²) in [6.45, 7) is 4.61. The third-order valence-corrected chi connectivity index (χ3v) is 9.05.